The summed E-state index contributed by atoms with van der Waals surface area (Å²) in [5.74, 6) is -1.46. The lowest BCUT2D eigenvalue weighted by molar-refractivity contribution is -0.144. The number of hydrogen-bond donors (Lipinski definition) is 3. The van der Waals surface area contributed by atoms with Crippen molar-refractivity contribution in [2.75, 3.05) is 13.7 Å². The van der Waals surface area contributed by atoms with E-state index in [4.69, 9.17) is 5.73 Å². The Morgan fingerprint density at radius 3 is 2.19 bits per heavy atom. The largest absolute Gasteiger partial charge is 0.467 e. The Kier molecular flexibility index (Phi) is 6.09. The highest BCUT2D eigenvalue weighted by Gasteiger charge is 2.20. The zero-order valence-electron chi connectivity index (χ0n) is 9.57. The van der Waals surface area contributed by atoms with Gasteiger partial charge in [-0.15, -0.1) is 0 Å². The van der Waals surface area contributed by atoms with E-state index in [1.807, 2.05) is 0 Å². The first-order valence-electron chi connectivity index (χ1n) is 4.80. The number of nitrogens with two attached hydrogens (primary N) is 1. The van der Waals surface area contributed by atoms with Gasteiger partial charge in [-0.2, -0.15) is 0 Å². The summed E-state index contributed by atoms with van der Waals surface area (Å²) in [4.78, 5) is 33.3. The molecule has 0 heterocycles. The lowest BCUT2D eigenvalue weighted by Crippen LogP contribution is -2.50. The molecular weight excluding hydrogens is 214 g/mol. The molecule has 2 amide bonds. The summed E-state index contributed by atoms with van der Waals surface area (Å²) < 4.78 is 4.43. The predicted molar refractivity (Wildman–Crippen MR) is 56.3 cm³/mol. The van der Waals surface area contributed by atoms with E-state index >= 15 is 0 Å². The fourth-order valence-corrected chi connectivity index (χ4v) is 0.940. The van der Waals surface area contributed by atoms with E-state index in [9.17, 15) is 14.4 Å². The minimum absolute atomic E-state index is 0.190. The fraction of sp³-hybridized carbons (Fsp3) is 0.667. The molecule has 0 saturated carbocycles. The molecule has 0 aromatic rings. The van der Waals surface area contributed by atoms with Crippen LogP contribution in [0, 0.1) is 0 Å². The topological polar surface area (TPSA) is 111 Å². The summed E-state index contributed by atoms with van der Waals surface area (Å²) in [7, 11) is 1.23. The number of amides is 2. The molecule has 0 aromatic carbocycles. The molecule has 4 N–H and O–H groups in total. The Balaban J connectivity index is 4.15. The first kappa shape index (κ1) is 14.4. The van der Waals surface area contributed by atoms with Crippen LogP contribution in [0.3, 0.4) is 0 Å². The van der Waals surface area contributed by atoms with Gasteiger partial charge < -0.3 is 21.1 Å². The molecule has 0 bridgehead atoms. The summed E-state index contributed by atoms with van der Waals surface area (Å²) >= 11 is 0. The second-order valence-corrected chi connectivity index (χ2v) is 3.25. The number of rotatable bonds is 5. The maximum atomic E-state index is 11.5. The number of esters is 1. The summed E-state index contributed by atoms with van der Waals surface area (Å²) in [6, 6.07) is -1.50. The lowest BCUT2D eigenvalue weighted by Gasteiger charge is -2.16. The third-order valence-corrected chi connectivity index (χ3v) is 1.87. The first-order valence-corrected chi connectivity index (χ1v) is 4.80. The van der Waals surface area contributed by atoms with E-state index < -0.39 is 29.9 Å². The second kappa shape index (κ2) is 6.78. The van der Waals surface area contributed by atoms with Gasteiger partial charge in [0.05, 0.1) is 13.7 Å². The van der Waals surface area contributed by atoms with Crippen LogP contribution in [0.1, 0.15) is 13.8 Å². The van der Waals surface area contributed by atoms with Crippen molar-refractivity contribution in [1.29, 1.82) is 0 Å². The maximum absolute atomic E-state index is 11.5. The molecular formula is C9H17N3O4. The van der Waals surface area contributed by atoms with Crippen LogP contribution in [0.15, 0.2) is 0 Å². The van der Waals surface area contributed by atoms with E-state index in [2.05, 4.69) is 15.4 Å². The standard InChI is InChI=1S/C9H17N3O4/c1-5(11-7(13)4-10)8(14)12-6(2)9(15)16-3/h5-6H,4,10H2,1-3H3,(H,11,13)(H,12,14)/t5-,6-/m1/s1. The van der Waals surface area contributed by atoms with Gasteiger partial charge in [-0.05, 0) is 13.8 Å². The average Bonchev–Trinajstić information content (AvgIpc) is 2.27. The van der Waals surface area contributed by atoms with E-state index in [-0.39, 0.29) is 6.54 Å². The van der Waals surface area contributed by atoms with E-state index in [0.717, 1.165) is 0 Å². The second-order valence-electron chi connectivity index (χ2n) is 3.25. The highest BCUT2D eigenvalue weighted by molar-refractivity contribution is 5.90. The number of carbonyl (C=O) groups excluding carboxylic acids is 3. The molecule has 7 nitrogen and oxygen atoms in total. The first-order chi connectivity index (χ1) is 7.42. The summed E-state index contributed by atoms with van der Waals surface area (Å²) in [5, 5.41) is 4.75. The molecule has 0 radical (unpaired) electrons. The molecule has 0 aliphatic carbocycles. The van der Waals surface area contributed by atoms with Crippen molar-refractivity contribution in [1.82, 2.24) is 10.6 Å². The minimum atomic E-state index is -0.755. The number of ether oxygens (including phenoxy) is 1. The molecule has 0 fully saturated rings. The Labute approximate surface area is 93.7 Å². The number of methoxy groups -OCH3 is 1. The molecule has 0 spiro atoms. The Morgan fingerprint density at radius 2 is 1.75 bits per heavy atom. The molecule has 0 aliphatic rings. The minimum Gasteiger partial charge on any atom is -0.467 e. The molecule has 0 rings (SSSR count). The van der Waals surface area contributed by atoms with Crippen LogP contribution in [-0.2, 0) is 19.1 Å². The van der Waals surface area contributed by atoms with Crippen LogP contribution < -0.4 is 16.4 Å². The predicted octanol–water partition coefficient (Wildman–Crippen LogP) is -1.87. The Morgan fingerprint density at radius 1 is 1.19 bits per heavy atom. The van der Waals surface area contributed by atoms with Crippen molar-refractivity contribution in [3.63, 3.8) is 0 Å². The van der Waals surface area contributed by atoms with Crippen molar-refractivity contribution in [3.8, 4) is 0 Å². The van der Waals surface area contributed by atoms with Crippen LogP contribution in [0.4, 0.5) is 0 Å². The van der Waals surface area contributed by atoms with Gasteiger partial charge in [-0.3, -0.25) is 9.59 Å². The van der Waals surface area contributed by atoms with Gasteiger partial charge in [0, 0.05) is 0 Å². The lowest BCUT2D eigenvalue weighted by atomic mass is 10.2. The molecule has 0 aromatic heterocycles. The molecule has 0 aliphatic heterocycles. The summed E-state index contributed by atoms with van der Waals surface area (Å²) in [5.41, 5.74) is 5.07. The van der Waals surface area contributed by atoms with Gasteiger partial charge in [0.2, 0.25) is 11.8 Å². The smallest absolute Gasteiger partial charge is 0.328 e. The number of carbonyl (C=O) groups is 3. The van der Waals surface area contributed by atoms with Gasteiger partial charge in [0.15, 0.2) is 0 Å². The third-order valence-electron chi connectivity index (χ3n) is 1.87. The van der Waals surface area contributed by atoms with E-state index in [0.29, 0.717) is 0 Å². The maximum Gasteiger partial charge on any atom is 0.328 e. The quantitative estimate of drug-likeness (QED) is 0.480. The third kappa shape index (κ3) is 4.74. The van der Waals surface area contributed by atoms with Crippen molar-refractivity contribution in [2.24, 2.45) is 5.73 Å². The molecule has 92 valence electrons. The van der Waals surface area contributed by atoms with Gasteiger partial charge in [0.25, 0.3) is 0 Å². The van der Waals surface area contributed by atoms with Crippen molar-refractivity contribution < 1.29 is 19.1 Å². The van der Waals surface area contributed by atoms with Crippen LogP contribution in [-0.4, -0.2) is 43.5 Å². The van der Waals surface area contributed by atoms with Crippen LogP contribution in [0.2, 0.25) is 0 Å². The molecule has 7 heteroatoms. The van der Waals surface area contributed by atoms with Gasteiger partial charge in [-0.25, -0.2) is 4.79 Å². The summed E-state index contributed by atoms with van der Waals surface area (Å²) in [6.45, 7) is 2.79. The van der Waals surface area contributed by atoms with Gasteiger partial charge in [0.1, 0.15) is 12.1 Å². The molecule has 0 saturated heterocycles. The van der Waals surface area contributed by atoms with E-state index in [1.165, 1.54) is 21.0 Å². The number of hydrogen-bond acceptors (Lipinski definition) is 5. The van der Waals surface area contributed by atoms with Gasteiger partial charge in [-0.1, -0.05) is 0 Å². The van der Waals surface area contributed by atoms with Gasteiger partial charge >= 0.3 is 5.97 Å². The van der Waals surface area contributed by atoms with Crippen molar-refractivity contribution in [3.05, 3.63) is 0 Å². The van der Waals surface area contributed by atoms with Crippen LogP contribution in [0.5, 0.6) is 0 Å². The normalized spacial score (nSPS) is 13.5. The SMILES string of the molecule is COC(=O)[C@@H](C)NC(=O)[C@@H](C)NC(=O)CN. The monoisotopic (exact) mass is 231 g/mol. The fourth-order valence-electron chi connectivity index (χ4n) is 0.940. The highest BCUT2D eigenvalue weighted by Crippen LogP contribution is 1.89. The molecule has 2 atom stereocenters. The zero-order chi connectivity index (χ0) is 12.7. The summed E-state index contributed by atoms with van der Waals surface area (Å²) in [6.07, 6.45) is 0. The van der Waals surface area contributed by atoms with Crippen molar-refractivity contribution >= 4 is 17.8 Å². The van der Waals surface area contributed by atoms with Crippen LogP contribution in [0.25, 0.3) is 0 Å². The highest BCUT2D eigenvalue weighted by atomic mass is 16.5. The van der Waals surface area contributed by atoms with E-state index in [1.54, 1.807) is 0 Å². The Hall–Kier alpha value is -1.63. The average molecular weight is 231 g/mol. The zero-order valence-corrected chi connectivity index (χ0v) is 9.57. The number of nitrogens with one attached hydrogen (secondary N) is 2. The molecule has 16 heavy (non-hydrogen) atoms. The van der Waals surface area contributed by atoms with Crippen LogP contribution >= 0.6 is 0 Å². The van der Waals surface area contributed by atoms with Crippen molar-refractivity contribution in [2.45, 2.75) is 25.9 Å². The Bertz CT molecular complexity index is 280. The molecule has 0 unspecified atom stereocenters.